The summed E-state index contributed by atoms with van der Waals surface area (Å²) in [6, 6.07) is 14.5. The fourth-order valence-electron chi connectivity index (χ4n) is 2.38. The number of nitrogens with two attached hydrogens (primary N) is 1. The maximum Gasteiger partial charge on any atom is 0.193 e. The first-order valence-corrected chi connectivity index (χ1v) is 7.81. The lowest BCUT2D eigenvalue weighted by Crippen LogP contribution is -2.22. The van der Waals surface area contributed by atoms with Gasteiger partial charge in [0.2, 0.25) is 0 Å². The van der Waals surface area contributed by atoms with Gasteiger partial charge in [0, 0.05) is 12.2 Å². The van der Waals surface area contributed by atoms with Crippen molar-refractivity contribution in [2.45, 2.75) is 26.9 Å². The van der Waals surface area contributed by atoms with Gasteiger partial charge in [0.1, 0.15) is 0 Å². The Hall–Kier alpha value is -1.60. The van der Waals surface area contributed by atoms with Gasteiger partial charge in [-0.25, -0.2) is 4.99 Å². The molecule has 0 atom stereocenters. The van der Waals surface area contributed by atoms with E-state index in [4.69, 9.17) is 5.73 Å². The van der Waals surface area contributed by atoms with E-state index in [0.717, 1.165) is 12.2 Å². The van der Waals surface area contributed by atoms with Crippen LogP contribution >= 0.6 is 24.0 Å². The second-order valence-corrected chi connectivity index (χ2v) is 6.13. The van der Waals surface area contributed by atoms with E-state index in [0.29, 0.717) is 12.5 Å². The molecule has 2 aromatic rings. The van der Waals surface area contributed by atoms with Gasteiger partial charge in [0.25, 0.3) is 0 Å². The molecular formula is C19H27IN4. The van der Waals surface area contributed by atoms with E-state index in [-0.39, 0.29) is 24.0 Å². The molecule has 2 aromatic carbocycles. The molecule has 0 aliphatic heterocycles. The van der Waals surface area contributed by atoms with Crippen LogP contribution in [0, 0.1) is 13.8 Å². The number of aliphatic imine (C=N–C) groups is 1. The predicted molar refractivity (Wildman–Crippen MR) is 114 cm³/mol. The third-order valence-corrected chi connectivity index (χ3v) is 3.80. The molecule has 0 aromatic heterocycles. The van der Waals surface area contributed by atoms with Crippen LogP contribution in [0.15, 0.2) is 47.5 Å². The van der Waals surface area contributed by atoms with E-state index in [1.54, 1.807) is 0 Å². The minimum Gasteiger partial charge on any atom is -0.370 e. The summed E-state index contributed by atoms with van der Waals surface area (Å²) >= 11 is 0. The average molecular weight is 438 g/mol. The number of halogens is 1. The lowest BCUT2D eigenvalue weighted by molar-refractivity contribution is 0.401. The fourth-order valence-corrected chi connectivity index (χ4v) is 2.38. The summed E-state index contributed by atoms with van der Waals surface area (Å²) < 4.78 is 0. The highest BCUT2D eigenvalue weighted by atomic mass is 127. The van der Waals surface area contributed by atoms with Crippen LogP contribution in [-0.4, -0.2) is 25.0 Å². The molecule has 0 amide bonds. The quantitative estimate of drug-likeness (QED) is 0.423. The third-order valence-electron chi connectivity index (χ3n) is 3.80. The normalized spacial score (nSPS) is 11.3. The van der Waals surface area contributed by atoms with Crippen molar-refractivity contribution in [3.63, 3.8) is 0 Å². The number of hydrogen-bond donors (Lipinski definition) is 2. The molecule has 4 nitrogen and oxygen atoms in total. The second kappa shape index (κ2) is 9.64. The van der Waals surface area contributed by atoms with Crippen molar-refractivity contribution in [1.29, 1.82) is 0 Å². The molecule has 0 unspecified atom stereocenters. The first-order valence-electron chi connectivity index (χ1n) is 7.81. The molecular weight excluding hydrogens is 411 g/mol. The van der Waals surface area contributed by atoms with Gasteiger partial charge < -0.3 is 16.0 Å². The van der Waals surface area contributed by atoms with E-state index in [1.807, 2.05) is 12.1 Å². The first kappa shape index (κ1) is 20.4. The summed E-state index contributed by atoms with van der Waals surface area (Å²) in [6.07, 6.45) is 0. The molecule has 0 saturated heterocycles. The van der Waals surface area contributed by atoms with Crippen LogP contribution in [0.4, 0.5) is 5.69 Å². The summed E-state index contributed by atoms with van der Waals surface area (Å²) in [7, 11) is 4.13. The molecule has 0 bridgehead atoms. The summed E-state index contributed by atoms with van der Waals surface area (Å²) in [5.41, 5.74) is 12.0. The van der Waals surface area contributed by atoms with Crippen LogP contribution in [0.2, 0.25) is 0 Å². The second-order valence-electron chi connectivity index (χ2n) is 6.13. The largest absolute Gasteiger partial charge is 0.370 e. The van der Waals surface area contributed by atoms with E-state index >= 15 is 0 Å². The highest BCUT2D eigenvalue weighted by Crippen LogP contribution is 2.14. The van der Waals surface area contributed by atoms with Crippen LogP contribution in [-0.2, 0) is 13.1 Å². The van der Waals surface area contributed by atoms with E-state index in [2.05, 4.69) is 73.5 Å². The summed E-state index contributed by atoms with van der Waals surface area (Å²) in [5.74, 6) is 0.438. The number of rotatable bonds is 5. The Morgan fingerprint density at radius 1 is 1.04 bits per heavy atom. The van der Waals surface area contributed by atoms with Crippen molar-refractivity contribution in [1.82, 2.24) is 4.90 Å². The number of guanidine groups is 1. The lowest BCUT2D eigenvalue weighted by atomic mass is 10.1. The van der Waals surface area contributed by atoms with Crippen LogP contribution in [0.3, 0.4) is 0 Å². The summed E-state index contributed by atoms with van der Waals surface area (Å²) in [5, 5.41) is 3.16. The van der Waals surface area contributed by atoms with Gasteiger partial charge in [-0.3, -0.25) is 0 Å². The molecule has 0 saturated carbocycles. The smallest absolute Gasteiger partial charge is 0.193 e. The number of nitrogens with one attached hydrogen (secondary N) is 1. The van der Waals surface area contributed by atoms with Gasteiger partial charge in [0.15, 0.2) is 5.96 Å². The third kappa shape index (κ3) is 6.13. The Morgan fingerprint density at radius 3 is 2.33 bits per heavy atom. The van der Waals surface area contributed by atoms with Crippen molar-refractivity contribution < 1.29 is 0 Å². The Kier molecular flexibility index (Phi) is 8.21. The summed E-state index contributed by atoms with van der Waals surface area (Å²) in [6.45, 7) is 5.66. The maximum atomic E-state index is 6.02. The van der Waals surface area contributed by atoms with Crippen LogP contribution in [0.5, 0.6) is 0 Å². The highest BCUT2D eigenvalue weighted by molar-refractivity contribution is 14.0. The molecule has 5 heteroatoms. The number of aryl methyl sites for hydroxylation is 2. The van der Waals surface area contributed by atoms with Gasteiger partial charge >= 0.3 is 0 Å². The van der Waals surface area contributed by atoms with E-state index in [1.165, 1.54) is 22.3 Å². The summed E-state index contributed by atoms with van der Waals surface area (Å²) in [4.78, 5) is 6.63. The van der Waals surface area contributed by atoms with Crippen molar-refractivity contribution in [2.75, 3.05) is 19.4 Å². The topological polar surface area (TPSA) is 53.6 Å². The zero-order valence-corrected chi connectivity index (χ0v) is 17.2. The molecule has 130 valence electrons. The van der Waals surface area contributed by atoms with Crippen molar-refractivity contribution in [3.8, 4) is 0 Å². The van der Waals surface area contributed by atoms with Gasteiger partial charge in [-0.1, -0.05) is 30.3 Å². The molecule has 0 aliphatic carbocycles. The van der Waals surface area contributed by atoms with Crippen molar-refractivity contribution in [3.05, 3.63) is 64.7 Å². The van der Waals surface area contributed by atoms with E-state index < -0.39 is 0 Å². The van der Waals surface area contributed by atoms with Crippen LogP contribution < -0.4 is 11.1 Å². The number of benzene rings is 2. The zero-order chi connectivity index (χ0) is 16.8. The van der Waals surface area contributed by atoms with Gasteiger partial charge in [0.05, 0.1) is 6.54 Å². The van der Waals surface area contributed by atoms with Gasteiger partial charge in [-0.2, -0.15) is 0 Å². The van der Waals surface area contributed by atoms with Crippen molar-refractivity contribution >= 4 is 35.6 Å². The van der Waals surface area contributed by atoms with Crippen LogP contribution in [0.1, 0.15) is 22.3 Å². The Labute approximate surface area is 162 Å². The van der Waals surface area contributed by atoms with E-state index in [9.17, 15) is 0 Å². The molecule has 3 N–H and O–H groups in total. The molecule has 0 radical (unpaired) electrons. The number of hydrogen-bond acceptors (Lipinski definition) is 2. The maximum absolute atomic E-state index is 6.02. The molecule has 0 heterocycles. The SMILES string of the molecule is Cc1ccc(NC(N)=NCc2ccccc2CN(C)C)cc1C.I. The average Bonchev–Trinajstić information content (AvgIpc) is 2.49. The molecule has 0 spiro atoms. The fraction of sp³-hybridized carbons (Fsp3) is 0.316. The van der Waals surface area contributed by atoms with Gasteiger partial charge in [-0.05, 0) is 62.3 Å². The Morgan fingerprint density at radius 2 is 1.71 bits per heavy atom. The molecule has 0 aliphatic rings. The number of nitrogens with zero attached hydrogens (tertiary/aromatic N) is 2. The zero-order valence-electron chi connectivity index (χ0n) is 14.8. The van der Waals surface area contributed by atoms with Crippen LogP contribution in [0.25, 0.3) is 0 Å². The lowest BCUT2D eigenvalue weighted by Gasteiger charge is -2.13. The van der Waals surface area contributed by atoms with Crippen molar-refractivity contribution in [2.24, 2.45) is 10.7 Å². The monoisotopic (exact) mass is 438 g/mol. The Bertz CT molecular complexity index is 696. The molecule has 24 heavy (non-hydrogen) atoms. The first-order chi connectivity index (χ1) is 11.0. The predicted octanol–water partition coefficient (Wildman–Crippen LogP) is 3.91. The number of anilines is 1. The molecule has 2 rings (SSSR count). The molecule has 0 fully saturated rings. The minimum absolute atomic E-state index is 0. The highest BCUT2D eigenvalue weighted by Gasteiger charge is 2.03. The minimum atomic E-state index is 0. The Balaban J connectivity index is 0.00000288. The standard InChI is InChI=1S/C19H26N4.HI/c1-14-9-10-18(11-15(14)2)22-19(20)21-12-16-7-5-6-8-17(16)13-23(3)4;/h5-11H,12-13H2,1-4H3,(H3,20,21,22);1H. The van der Waals surface area contributed by atoms with Gasteiger partial charge in [-0.15, -0.1) is 24.0 Å².